The van der Waals surface area contributed by atoms with Crippen molar-refractivity contribution >= 4 is 0 Å². The van der Waals surface area contributed by atoms with Crippen molar-refractivity contribution in [3.05, 3.63) is 0 Å². The van der Waals surface area contributed by atoms with Crippen LogP contribution in [0.3, 0.4) is 0 Å². The number of hydrogen-bond donors (Lipinski definition) is 3. The van der Waals surface area contributed by atoms with Gasteiger partial charge in [0, 0.05) is 0 Å². The molecular weight excluding hydrogens is 228 g/mol. The van der Waals surface area contributed by atoms with Gasteiger partial charge in [0.25, 0.3) is 0 Å². The molecular formula is C15H26O3. The van der Waals surface area contributed by atoms with E-state index >= 15 is 0 Å². The normalized spacial score (nSPS) is 59.5. The Morgan fingerprint density at radius 2 is 1.89 bits per heavy atom. The third kappa shape index (κ3) is 1.60. The van der Waals surface area contributed by atoms with E-state index in [0.29, 0.717) is 30.1 Å². The minimum absolute atomic E-state index is 0.123. The second kappa shape index (κ2) is 3.94. The van der Waals surface area contributed by atoms with Gasteiger partial charge < -0.3 is 15.3 Å². The van der Waals surface area contributed by atoms with Crippen LogP contribution >= 0.6 is 0 Å². The standard InChI is InChI=1S/C15H26O3/c1-9-3-4-11-12(9)13-10(7-14(13,2)17)5-6-15(11,18)8-16/h9-13,16-18H,3-8H2,1-2H3/t9-,10+,11+,12-,13-,14+,15-/m1/s1. The highest BCUT2D eigenvalue weighted by molar-refractivity contribution is 5.11. The van der Waals surface area contributed by atoms with Crippen molar-refractivity contribution in [3.8, 4) is 0 Å². The van der Waals surface area contributed by atoms with Crippen molar-refractivity contribution in [1.29, 1.82) is 0 Å². The Labute approximate surface area is 109 Å². The molecule has 0 saturated heterocycles. The zero-order valence-corrected chi connectivity index (χ0v) is 11.5. The van der Waals surface area contributed by atoms with E-state index < -0.39 is 11.2 Å². The zero-order valence-electron chi connectivity index (χ0n) is 11.5. The quantitative estimate of drug-likeness (QED) is 0.665. The molecule has 3 aliphatic carbocycles. The van der Waals surface area contributed by atoms with Gasteiger partial charge >= 0.3 is 0 Å². The van der Waals surface area contributed by atoms with E-state index in [4.69, 9.17) is 0 Å². The van der Waals surface area contributed by atoms with Crippen molar-refractivity contribution in [1.82, 2.24) is 0 Å². The number of aliphatic hydroxyl groups is 3. The summed E-state index contributed by atoms with van der Waals surface area (Å²) in [6.07, 6.45) is 4.65. The molecule has 0 unspecified atom stereocenters. The fraction of sp³-hybridized carbons (Fsp3) is 1.00. The molecule has 3 fully saturated rings. The monoisotopic (exact) mass is 254 g/mol. The number of aliphatic hydroxyl groups excluding tert-OH is 1. The summed E-state index contributed by atoms with van der Waals surface area (Å²) < 4.78 is 0. The lowest BCUT2D eigenvalue weighted by molar-refractivity contribution is -0.163. The van der Waals surface area contributed by atoms with Crippen LogP contribution in [0.25, 0.3) is 0 Å². The molecule has 3 N–H and O–H groups in total. The summed E-state index contributed by atoms with van der Waals surface area (Å²) in [5.41, 5.74) is -1.45. The van der Waals surface area contributed by atoms with Crippen LogP contribution in [-0.4, -0.2) is 33.1 Å². The molecule has 104 valence electrons. The lowest BCUT2D eigenvalue weighted by atomic mass is 9.54. The van der Waals surface area contributed by atoms with Crippen LogP contribution in [0.2, 0.25) is 0 Å². The summed E-state index contributed by atoms with van der Waals surface area (Å²) in [7, 11) is 0. The minimum Gasteiger partial charge on any atom is -0.393 e. The molecule has 0 aliphatic heterocycles. The fourth-order valence-corrected chi connectivity index (χ4v) is 5.42. The van der Waals surface area contributed by atoms with Crippen LogP contribution in [0, 0.1) is 29.6 Å². The van der Waals surface area contributed by atoms with Crippen LogP contribution in [0.1, 0.15) is 46.0 Å². The van der Waals surface area contributed by atoms with Gasteiger partial charge in [0.15, 0.2) is 0 Å². The molecule has 0 aromatic carbocycles. The molecule has 7 atom stereocenters. The summed E-state index contributed by atoms with van der Waals surface area (Å²) in [4.78, 5) is 0. The second-order valence-electron chi connectivity index (χ2n) is 7.39. The molecule has 0 bridgehead atoms. The summed E-state index contributed by atoms with van der Waals surface area (Å²) in [6.45, 7) is 4.08. The molecule has 18 heavy (non-hydrogen) atoms. The van der Waals surface area contributed by atoms with E-state index in [1.54, 1.807) is 0 Å². The molecule has 0 spiro atoms. The lowest BCUT2D eigenvalue weighted by Crippen LogP contribution is -2.56. The van der Waals surface area contributed by atoms with Gasteiger partial charge in [-0.25, -0.2) is 0 Å². The third-order valence-electron chi connectivity index (χ3n) is 6.28. The van der Waals surface area contributed by atoms with Crippen molar-refractivity contribution in [2.75, 3.05) is 6.61 Å². The van der Waals surface area contributed by atoms with Crippen LogP contribution < -0.4 is 0 Å². The van der Waals surface area contributed by atoms with Gasteiger partial charge in [-0.15, -0.1) is 0 Å². The molecule has 3 heteroatoms. The number of hydrogen-bond acceptors (Lipinski definition) is 3. The van der Waals surface area contributed by atoms with Crippen LogP contribution in [-0.2, 0) is 0 Å². The van der Waals surface area contributed by atoms with Crippen molar-refractivity contribution in [2.24, 2.45) is 29.6 Å². The maximum absolute atomic E-state index is 10.7. The van der Waals surface area contributed by atoms with E-state index in [9.17, 15) is 15.3 Å². The Balaban J connectivity index is 1.96. The zero-order chi connectivity index (χ0) is 13.1. The van der Waals surface area contributed by atoms with Crippen LogP contribution in [0.5, 0.6) is 0 Å². The third-order valence-corrected chi connectivity index (χ3v) is 6.28. The highest BCUT2D eigenvalue weighted by atomic mass is 16.3. The first-order valence-electron chi connectivity index (χ1n) is 7.45. The summed E-state index contributed by atoms with van der Waals surface area (Å²) in [5, 5.41) is 30.9. The van der Waals surface area contributed by atoms with Crippen LogP contribution in [0.15, 0.2) is 0 Å². The number of fused-ring (bicyclic) bond motifs is 3. The maximum Gasteiger partial charge on any atom is 0.0908 e. The van der Waals surface area contributed by atoms with E-state index in [-0.39, 0.29) is 12.5 Å². The topological polar surface area (TPSA) is 60.7 Å². The highest BCUT2D eigenvalue weighted by Gasteiger charge is 2.61. The van der Waals surface area contributed by atoms with Crippen molar-refractivity contribution < 1.29 is 15.3 Å². The maximum atomic E-state index is 10.7. The molecule has 3 saturated carbocycles. The fourth-order valence-electron chi connectivity index (χ4n) is 5.42. The Hall–Kier alpha value is -0.120. The molecule has 0 radical (unpaired) electrons. The largest absolute Gasteiger partial charge is 0.393 e. The molecule has 3 nitrogen and oxygen atoms in total. The smallest absolute Gasteiger partial charge is 0.0908 e. The molecule has 0 aromatic heterocycles. The Morgan fingerprint density at radius 1 is 1.17 bits per heavy atom. The van der Waals surface area contributed by atoms with Gasteiger partial charge in [-0.1, -0.05) is 13.3 Å². The van der Waals surface area contributed by atoms with Gasteiger partial charge in [0.2, 0.25) is 0 Å². The predicted molar refractivity (Wildman–Crippen MR) is 68.9 cm³/mol. The first-order valence-corrected chi connectivity index (χ1v) is 7.45. The second-order valence-corrected chi connectivity index (χ2v) is 7.39. The average molecular weight is 254 g/mol. The van der Waals surface area contributed by atoms with Gasteiger partial charge in [0.1, 0.15) is 0 Å². The molecule has 3 rings (SSSR count). The lowest BCUT2D eigenvalue weighted by Gasteiger charge is -2.54. The van der Waals surface area contributed by atoms with Crippen molar-refractivity contribution in [3.63, 3.8) is 0 Å². The van der Waals surface area contributed by atoms with Gasteiger partial charge in [-0.2, -0.15) is 0 Å². The Morgan fingerprint density at radius 3 is 2.50 bits per heavy atom. The van der Waals surface area contributed by atoms with E-state index in [1.807, 2.05) is 6.92 Å². The molecule has 0 amide bonds. The van der Waals surface area contributed by atoms with Crippen molar-refractivity contribution in [2.45, 2.75) is 57.2 Å². The average Bonchev–Trinajstić information content (AvgIpc) is 2.61. The van der Waals surface area contributed by atoms with Crippen LogP contribution in [0.4, 0.5) is 0 Å². The van der Waals surface area contributed by atoms with Gasteiger partial charge in [0.05, 0.1) is 17.8 Å². The Kier molecular flexibility index (Phi) is 2.82. The van der Waals surface area contributed by atoms with Gasteiger partial charge in [-0.3, -0.25) is 0 Å². The summed E-state index contributed by atoms with van der Waals surface area (Å²) in [5.74, 6) is 2.01. The molecule has 3 aliphatic rings. The van der Waals surface area contributed by atoms with Gasteiger partial charge in [-0.05, 0) is 62.2 Å². The highest BCUT2D eigenvalue weighted by Crippen LogP contribution is 2.61. The minimum atomic E-state index is -0.900. The molecule has 0 aromatic rings. The first kappa shape index (κ1) is 12.9. The first-order chi connectivity index (χ1) is 8.39. The number of rotatable bonds is 1. The SMILES string of the molecule is C[C@@H]1CC[C@H]2[C@@H]1[C@H]1[C@@H](CC[C@@]2(O)CO)C[C@]1(C)O. The predicted octanol–water partition coefficient (Wildman–Crippen LogP) is 1.55. The Bertz CT molecular complexity index is 341. The molecule has 0 heterocycles. The summed E-state index contributed by atoms with van der Waals surface area (Å²) >= 11 is 0. The van der Waals surface area contributed by atoms with E-state index in [1.165, 1.54) is 0 Å². The van der Waals surface area contributed by atoms with E-state index in [0.717, 1.165) is 25.7 Å². The summed E-state index contributed by atoms with van der Waals surface area (Å²) in [6, 6.07) is 0. The van der Waals surface area contributed by atoms with E-state index in [2.05, 4.69) is 6.92 Å².